The maximum absolute atomic E-state index is 13.5. The summed E-state index contributed by atoms with van der Waals surface area (Å²) < 4.78 is 24.6. The molecule has 2 heterocycles. The Morgan fingerprint density at radius 2 is 2.13 bits per heavy atom. The van der Waals surface area contributed by atoms with Crippen molar-refractivity contribution in [1.29, 1.82) is 0 Å². The molecule has 1 atom stereocenters. The van der Waals surface area contributed by atoms with Crippen molar-refractivity contribution in [1.82, 2.24) is 15.0 Å². The molecule has 0 radical (unpaired) electrons. The van der Waals surface area contributed by atoms with Gasteiger partial charge in [0.1, 0.15) is 11.6 Å². The SMILES string of the molecule is CCOc1ccccc1CCC(=O)N1CCCC(c2nc(-c3cccc(F)c3)no2)C1. The number of nitrogens with zero attached hydrogens (tertiary/aromatic N) is 3. The highest BCUT2D eigenvalue weighted by Crippen LogP contribution is 2.28. The number of likely N-dealkylation sites (tertiary alicyclic amines) is 1. The summed E-state index contributed by atoms with van der Waals surface area (Å²) in [6.45, 7) is 3.83. The first kappa shape index (κ1) is 21.0. The van der Waals surface area contributed by atoms with Crippen molar-refractivity contribution >= 4 is 5.91 Å². The summed E-state index contributed by atoms with van der Waals surface area (Å²) >= 11 is 0. The largest absolute Gasteiger partial charge is 0.494 e. The first-order valence-electron chi connectivity index (χ1n) is 10.7. The second kappa shape index (κ2) is 9.73. The molecule has 1 aliphatic rings. The summed E-state index contributed by atoms with van der Waals surface area (Å²) in [6, 6.07) is 14.0. The lowest BCUT2D eigenvalue weighted by atomic mass is 9.97. The number of aryl methyl sites for hydroxylation is 1. The zero-order chi connectivity index (χ0) is 21.6. The first-order chi connectivity index (χ1) is 15.1. The fourth-order valence-corrected chi connectivity index (χ4v) is 3.96. The molecule has 3 aromatic rings. The van der Waals surface area contributed by atoms with Gasteiger partial charge in [-0.05, 0) is 49.9 Å². The van der Waals surface area contributed by atoms with E-state index >= 15 is 0 Å². The quantitative estimate of drug-likeness (QED) is 0.555. The van der Waals surface area contributed by atoms with Gasteiger partial charge in [-0.2, -0.15) is 4.98 Å². The van der Waals surface area contributed by atoms with Crippen LogP contribution in [0.5, 0.6) is 5.75 Å². The number of rotatable bonds is 7. The van der Waals surface area contributed by atoms with Crippen molar-refractivity contribution in [2.75, 3.05) is 19.7 Å². The average Bonchev–Trinajstić information content (AvgIpc) is 3.29. The Balaban J connectivity index is 1.38. The molecule has 4 rings (SSSR count). The number of carbonyl (C=O) groups excluding carboxylic acids is 1. The van der Waals surface area contributed by atoms with Crippen LogP contribution in [0.1, 0.15) is 43.6 Å². The van der Waals surface area contributed by atoms with Gasteiger partial charge in [-0.15, -0.1) is 0 Å². The highest BCUT2D eigenvalue weighted by molar-refractivity contribution is 5.76. The van der Waals surface area contributed by atoms with Crippen LogP contribution in [0.2, 0.25) is 0 Å². The lowest BCUT2D eigenvalue weighted by Gasteiger charge is -2.31. The van der Waals surface area contributed by atoms with Gasteiger partial charge in [0, 0.05) is 25.1 Å². The monoisotopic (exact) mass is 423 g/mol. The van der Waals surface area contributed by atoms with Gasteiger partial charge in [0.05, 0.1) is 12.5 Å². The zero-order valence-corrected chi connectivity index (χ0v) is 17.6. The first-order valence-corrected chi connectivity index (χ1v) is 10.7. The van der Waals surface area contributed by atoms with E-state index in [1.165, 1.54) is 12.1 Å². The maximum atomic E-state index is 13.5. The molecule has 1 aromatic heterocycles. The Morgan fingerprint density at radius 3 is 2.97 bits per heavy atom. The summed E-state index contributed by atoms with van der Waals surface area (Å²) in [4.78, 5) is 19.2. The van der Waals surface area contributed by atoms with E-state index in [1.807, 2.05) is 36.1 Å². The number of hydrogen-bond donors (Lipinski definition) is 0. The van der Waals surface area contributed by atoms with Gasteiger partial charge in [-0.1, -0.05) is 35.5 Å². The average molecular weight is 423 g/mol. The van der Waals surface area contributed by atoms with Crippen molar-refractivity contribution in [2.45, 2.75) is 38.5 Å². The van der Waals surface area contributed by atoms with Gasteiger partial charge >= 0.3 is 0 Å². The van der Waals surface area contributed by atoms with Crippen LogP contribution in [0.25, 0.3) is 11.4 Å². The molecule has 162 valence electrons. The molecule has 2 aromatic carbocycles. The van der Waals surface area contributed by atoms with Crippen LogP contribution >= 0.6 is 0 Å². The number of benzene rings is 2. The minimum atomic E-state index is -0.343. The predicted molar refractivity (Wildman–Crippen MR) is 114 cm³/mol. The molecule has 1 fully saturated rings. The Morgan fingerprint density at radius 1 is 1.26 bits per heavy atom. The maximum Gasteiger partial charge on any atom is 0.231 e. The molecular formula is C24H26FN3O3. The predicted octanol–water partition coefficient (Wildman–Crippen LogP) is 4.61. The molecule has 6 nitrogen and oxygen atoms in total. The third-order valence-electron chi connectivity index (χ3n) is 5.53. The van der Waals surface area contributed by atoms with Crippen molar-refractivity contribution in [3.63, 3.8) is 0 Å². The molecule has 0 N–H and O–H groups in total. The highest BCUT2D eigenvalue weighted by atomic mass is 19.1. The molecule has 1 unspecified atom stereocenters. The summed E-state index contributed by atoms with van der Waals surface area (Å²) in [7, 11) is 0. The summed E-state index contributed by atoms with van der Waals surface area (Å²) in [5.74, 6) is 1.46. The third-order valence-corrected chi connectivity index (χ3v) is 5.53. The minimum absolute atomic E-state index is 0.0109. The Hall–Kier alpha value is -3.22. The minimum Gasteiger partial charge on any atom is -0.494 e. The van der Waals surface area contributed by atoms with E-state index < -0.39 is 0 Å². The molecule has 1 aliphatic heterocycles. The fraction of sp³-hybridized carbons (Fsp3) is 0.375. The molecule has 1 amide bonds. The van der Waals surface area contributed by atoms with Crippen LogP contribution in [0.15, 0.2) is 53.1 Å². The van der Waals surface area contributed by atoms with Crippen LogP contribution in [0.4, 0.5) is 4.39 Å². The molecular weight excluding hydrogens is 397 g/mol. The third kappa shape index (κ3) is 5.10. The summed E-state index contributed by atoms with van der Waals surface area (Å²) in [6.07, 6.45) is 2.82. The van der Waals surface area contributed by atoms with E-state index in [4.69, 9.17) is 9.26 Å². The number of piperidine rings is 1. The van der Waals surface area contributed by atoms with Crippen LogP contribution in [0.3, 0.4) is 0 Å². The zero-order valence-electron chi connectivity index (χ0n) is 17.6. The van der Waals surface area contributed by atoms with Gasteiger partial charge in [0.25, 0.3) is 0 Å². The van der Waals surface area contributed by atoms with Crippen molar-refractivity contribution in [3.05, 3.63) is 65.8 Å². The lowest BCUT2D eigenvalue weighted by Crippen LogP contribution is -2.39. The molecule has 0 aliphatic carbocycles. The summed E-state index contributed by atoms with van der Waals surface area (Å²) in [5, 5.41) is 4.01. The van der Waals surface area contributed by atoms with Crippen molar-refractivity contribution in [2.24, 2.45) is 0 Å². The van der Waals surface area contributed by atoms with Gasteiger partial charge in [-0.25, -0.2) is 4.39 Å². The normalized spacial score (nSPS) is 16.3. The summed E-state index contributed by atoms with van der Waals surface area (Å²) in [5.41, 5.74) is 1.62. The van der Waals surface area contributed by atoms with Gasteiger partial charge in [-0.3, -0.25) is 4.79 Å². The number of carbonyl (C=O) groups is 1. The van der Waals surface area contributed by atoms with E-state index in [9.17, 15) is 9.18 Å². The van der Waals surface area contributed by atoms with Crippen molar-refractivity contribution in [3.8, 4) is 17.1 Å². The Bertz CT molecular complexity index is 1040. The van der Waals surface area contributed by atoms with E-state index in [-0.39, 0.29) is 17.6 Å². The second-order valence-corrected chi connectivity index (χ2v) is 7.69. The van der Waals surface area contributed by atoms with Crippen LogP contribution in [-0.2, 0) is 11.2 Å². The molecule has 31 heavy (non-hydrogen) atoms. The topological polar surface area (TPSA) is 68.5 Å². The number of amides is 1. The van der Waals surface area contributed by atoms with Gasteiger partial charge < -0.3 is 14.2 Å². The van der Waals surface area contributed by atoms with E-state index in [0.29, 0.717) is 43.3 Å². The molecule has 7 heteroatoms. The number of hydrogen-bond acceptors (Lipinski definition) is 5. The standard InChI is InChI=1S/C24H26FN3O3/c1-2-30-21-11-4-3-7-17(21)12-13-22(29)28-14-6-9-19(16-28)24-26-23(27-31-24)18-8-5-10-20(25)15-18/h3-5,7-8,10-11,15,19H,2,6,9,12-14,16H2,1H3. The number of aromatic nitrogens is 2. The number of para-hydroxylation sites is 1. The van der Waals surface area contributed by atoms with E-state index in [1.54, 1.807) is 12.1 Å². The lowest BCUT2D eigenvalue weighted by molar-refractivity contribution is -0.132. The Labute approximate surface area is 181 Å². The second-order valence-electron chi connectivity index (χ2n) is 7.69. The van der Waals surface area contributed by atoms with Crippen LogP contribution in [0, 0.1) is 5.82 Å². The Kier molecular flexibility index (Phi) is 6.60. The molecule has 0 bridgehead atoms. The molecule has 1 saturated heterocycles. The smallest absolute Gasteiger partial charge is 0.231 e. The van der Waals surface area contributed by atoms with Crippen molar-refractivity contribution < 1.29 is 18.4 Å². The molecule has 0 saturated carbocycles. The van der Waals surface area contributed by atoms with Crippen LogP contribution in [-0.4, -0.2) is 40.6 Å². The molecule has 0 spiro atoms. The number of halogens is 1. The van der Waals surface area contributed by atoms with E-state index in [0.717, 1.165) is 30.7 Å². The fourth-order valence-electron chi connectivity index (χ4n) is 3.96. The van der Waals surface area contributed by atoms with Gasteiger partial charge in [0.15, 0.2) is 0 Å². The number of ether oxygens (including phenoxy) is 1. The van der Waals surface area contributed by atoms with Gasteiger partial charge in [0.2, 0.25) is 17.6 Å². The highest BCUT2D eigenvalue weighted by Gasteiger charge is 2.28. The van der Waals surface area contributed by atoms with E-state index in [2.05, 4.69) is 10.1 Å². The van der Waals surface area contributed by atoms with Crippen LogP contribution < -0.4 is 4.74 Å².